The smallest absolute Gasteiger partial charge is 0.159 e. The van der Waals surface area contributed by atoms with E-state index in [9.17, 15) is 0 Å². The lowest BCUT2D eigenvalue weighted by Gasteiger charge is -2.10. The maximum atomic E-state index is 16.2. The van der Waals surface area contributed by atoms with Crippen LogP contribution in [0.4, 0.5) is 10.1 Å². The fourth-order valence-electron chi connectivity index (χ4n) is 4.50. The first-order valence-electron chi connectivity index (χ1n) is 12.4. The van der Waals surface area contributed by atoms with Crippen molar-refractivity contribution in [2.24, 2.45) is 5.92 Å². The van der Waals surface area contributed by atoms with Gasteiger partial charge in [0.1, 0.15) is 11.5 Å². The molecule has 4 heterocycles. The summed E-state index contributed by atoms with van der Waals surface area (Å²) in [6, 6.07) is 13.4. The van der Waals surface area contributed by atoms with Gasteiger partial charge in [-0.3, -0.25) is 15.1 Å². The minimum absolute atomic E-state index is 0.203. The molecule has 6 rings (SSSR count). The minimum atomic E-state index is -0.507. The van der Waals surface area contributed by atoms with Crippen molar-refractivity contribution >= 4 is 34.2 Å². The van der Waals surface area contributed by atoms with Crippen LogP contribution in [0.3, 0.4) is 0 Å². The average Bonchev–Trinajstić information content (AvgIpc) is 3.57. The normalized spacial score (nSPS) is 14.5. The molecule has 1 aromatic carbocycles. The fraction of sp³-hybridized carbons (Fsp3) is 0.133. The molecule has 1 aliphatic carbocycles. The van der Waals surface area contributed by atoms with Crippen molar-refractivity contribution in [1.82, 2.24) is 30.1 Å². The number of benzene rings is 1. The van der Waals surface area contributed by atoms with Gasteiger partial charge < -0.3 is 10.3 Å². The Morgan fingerprint density at radius 3 is 2.76 bits per heavy atom. The Kier molecular flexibility index (Phi) is 5.92. The van der Waals surface area contributed by atoms with Crippen LogP contribution in [0.1, 0.15) is 25.3 Å². The Morgan fingerprint density at radius 1 is 1.13 bits per heavy atom. The molecule has 1 saturated carbocycles. The van der Waals surface area contributed by atoms with Gasteiger partial charge in [-0.05, 0) is 49.9 Å². The number of imidazole rings is 1. The van der Waals surface area contributed by atoms with E-state index in [1.54, 1.807) is 24.7 Å². The molecule has 1 fully saturated rings. The molecule has 0 atom stereocenters. The van der Waals surface area contributed by atoms with Gasteiger partial charge in [0.2, 0.25) is 0 Å². The van der Waals surface area contributed by atoms with Gasteiger partial charge in [0.05, 0.1) is 39.2 Å². The van der Waals surface area contributed by atoms with Crippen molar-refractivity contribution < 1.29 is 4.39 Å². The van der Waals surface area contributed by atoms with Gasteiger partial charge in [-0.2, -0.15) is 5.10 Å². The van der Waals surface area contributed by atoms with E-state index in [0.29, 0.717) is 28.3 Å². The summed E-state index contributed by atoms with van der Waals surface area (Å²) < 4.78 is 16.2. The monoisotopic (exact) mass is 503 g/mol. The summed E-state index contributed by atoms with van der Waals surface area (Å²) in [7, 11) is 0. The highest BCUT2D eigenvalue weighted by Crippen LogP contribution is 2.36. The number of fused-ring (bicyclic) bond motifs is 1. The molecule has 7 nitrogen and oxygen atoms in total. The fourth-order valence-corrected chi connectivity index (χ4v) is 4.50. The molecule has 0 saturated heterocycles. The van der Waals surface area contributed by atoms with Crippen molar-refractivity contribution in [2.75, 3.05) is 5.32 Å². The van der Waals surface area contributed by atoms with Crippen molar-refractivity contribution in [2.45, 2.75) is 19.8 Å². The van der Waals surface area contributed by atoms with Crippen LogP contribution in [0.15, 0.2) is 79.9 Å². The maximum absolute atomic E-state index is 16.2. The minimum Gasteiger partial charge on any atom is -0.358 e. The number of para-hydroxylation sites is 1. The number of H-pyrrole nitrogens is 2. The highest BCUT2D eigenvalue weighted by atomic mass is 19.1. The van der Waals surface area contributed by atoms with Gasteiger partial charge in [0.25, 0.3) is 0 Å². The number of hydrogen-bond donors (Lipinski definition) is 3. The van der Waals surface area contributed by atoms with E-state index in [-0.39, 0.29) is 10.8 Å². The Labute approximate surface area is 218 Å². The second kappa shape index (κ2) is 9.55. The van der Waals surface area contributed by atoms with Gasteiger partial charge >= 0.3 is 0 Å². The third-order valence-corrected chi connectivity index (χ3v) is 6.71. The van der Waals surface area contributed by atoms with E-state index in [1.165, 1.54) is 0 Å². The van der Waals surface area contributed by atoms with Gasteiger partial charge in [0.15, 0.2) is 5.82 Å². The topological polar surface area (TPSA) is 95.2 Å². The number of hydrogen-bond acceptors (Lipinski definition) is 5. The average molecular weight is 504 g/mol. The number of aromatic amines is 2. The molecule has 0 radical (unpaired) electrons. The number of anilines is 1. The quantitative estimate of drug-likeness (QED) is 0.279. The number of nitrogens with zero attached hydrogens (tertiary/aromatic N) is 4. The van der Waals surface area contributed by atoms with Crippen molar-refractivity contribution in [1.29, 1.82) is 0 Å². The van der Waals surface area contributed by atoms with Crippen LogP contribution in [-0.2, 0) is 0 Å². The van der Waals surface area contributed by atoms with Crippen LogP contribution in [0, 0.1) is 5.92 Å². The largest absolute Gasteiger partial charge is 0.358 e. The van der Waals surface area contributed by atoms with Crippen molar-refractivity contribution in [3.05, 3.63) is 96.0 Å². The third-order valence-electron chi connectivity index (χ3n) is 6.71. The zero-order valence-corrected chi connectivity index (χ0v) is 20.9. The summed E-state index contributed by atoms with van der Waals surface area (Å²) >= 11 is 0. The summed E-state index contributed by atoms with van der Waals surface area (Å²) in [5.74, 6) is 0.426. The van der Waals surface area contributed by atoms with Crippen LogP contribution in [0.5, 0.6) is 0 Å². The molecule has 0 amide bonds. The molecule has 4 aromatic heterocycles. The number of nitrogens with one attached hydrogen (secondary N) is 3. The molecule has 5 aromatic rings. The van der Waals surface area contributed by atoms with Crippen LogP contribution in [-0.4, -0.2) is 30.1 Å². The van der Waals surface area contributed by atoms with Crippen LogP contribution in [0.2, 0.25) is 0 Å². The second-order valence-electron chi connectivity index (χ2n) is 9.33. The number of pyridine rings is 2. The van der Waals surface area contributed by atoms with E-state index >= 15 is 4.39 Å². The first-order valence-corrected chi connectivity index (χ1v) is 12.4. The van der Waals surface area contributed by atoms with Gasteiger partial charge in [-0.15, -0.1) is 0 Å². The summed E-state index contributed by atoms with van der Waals surface area (Å²) in [6.45, 7) is 9.98. The molecule has 8 heteroatoms. The Hall–Kier alpha value is -4.85. The number of halogens is 1. The zero-order chi connectivity index (χ0) is 26.2. The Morgan fingerprint density at radius 2 is 2.00 bits per heavy atom. The maximum Gasteiger partial charge on any atom is 0.159 e. The van der Waals surface area contributed by atoms with Gasteiger partial charge in [-0.25, -0.2) is 9.37 Å². The number of aromatic nitrogens is 6. The predicted molar refractivity (Wildman–Crippen MR) is 150 cm³/mol. The molecular formula is C30H26FN7. The first-order chi connectivity index (χ1) is 18.5. The molecule has 0 bridgehead atoms. The summed E-state index contributed by atoms with van der Waals surface area (Å²) in [5, 5.41) is 11.5. The highest BCUT2D eigenvalue weighted by molar-refractivity contribution is 5.95. The molecule has 1 aliphatic rings. The highest BCUT2D eigenvalue weighted by Gasteiger charge is 2.25. The van der Waals surface area contributed by atoms with Crippen molar-refractivity contribution in [3.8, 4) is 22.8 Å². The third kappa shape index (κ3) is 4.30. The van der Waals surface area contributed by atoms with E-state index in [0.717, 1.165) is 46.5 Å². The molecule has 0 spiro atoms. The summed E-state index contributed by atoms with van der Waals surface area (Å²) in [4.78, 5) is 16.9. The number of rotatable bonds is 7. The van der Waals surface area contributed by atoms with E-state index in [4.69, 9.17) is 4.98 Å². The van der Waals surface area contributed by atoms with E-state index in [2.05, 4.69) is 43.6 Å². The zero-order valence-electron chi connectivity index (χ0n) is 20.9. The van der Waals surface area contributed by atoms with E-state index in [1.807, 2.05) is 49.4 Å². The van der Waals surface area contributed by atoms with Crippen LogP contribution >= 0.6 is 0 Å². The second-order valence-corrected chi connectivity index (χ2v) is 9.33. The van der Waals surface area contributed by atoms with Gasteiger partial charge in [0, 0.05) is 34.8 Å². The predicted octanol–water partition coefficient (Wildman–Crippen LogP) is 5.34. The summed E-state index contributed by atoms with van der Waals surface area (Å²) in [5.41, 5.74) is 6.05. The standard InChI is InChI=1S/C30H26FN7/c1-4-23-26(27(31)17(2)20-14-21(16-32-15-20)34-18(3)19-11-12-19)29(38-37-23)30-35-25-10-7-8-22(28(25)36-30)24-9-5-6-13-33-24/h4-10,13-16,19,34,37H,2-3,11-12H2,1H3,(H,35,36)/b23-4+,27-26-. The first kappa shape index (κ1) is 23.5. The van der Waals surface area contributed by atoms with Crippen molar-refractivity contribution in [3.63, 3.8) is 0 Å². The Balaban J connectivity index is 1.44. The molecular weight excluding hydrogens is 477 g/mol. The molecule has 3 N–H and O–H groups in total. The molecule has 188 valence electrons. The number of allylic oxidation sites excluding steroid dienone is 2. The van der Waals surface area contributed by atoms with Crippen LogP contribution in [0.25, 0.3) is 51.3 Å². The van der Waals surface area contributed by atoms with E-state index < -0.39 is 5.83 Å². The molecule has 38 heavy (non-hydrogen) atoms. The Bertz CT molecular complexity index is 1810. The van der Waals surface area contributed by atoms with Crippen LogP contribution < -0.4 is 15.9 Å². The van der Waals surface area contributed by atoms with Gasteiger partial charge in [-0.1, -0.05) is 37.4 Å². The lowest BCUT2D eigenvalue weighted by Crippen LogP contribution is -2.26. The molecule has 0 aliphatic heterocycles. The lowest BCUT2D eigenvalue weighted by atomic mass is 10.1. The SMILES string of the molecule is C=C(/C(F)=c1/c(-c2nc3c(-c4ccccn4)cccc3[nH]2)n[nH]/c1=C/C)c1cncc(NC(=C)C2CC2)c1. The summed E-state index contributed by atoms with van der Waals surface area (Å²) in [6.07, 6.45) is 9.09. The molecule has 0 unspecified atom stereocenters. The lowest BCUT2D eigenvalue weighted by molar-refractivity contribution is 0.764.